The average Bonchev–Trinajstić information content (AvgIpc) is 3.28. The number of anilines is 2. The van der Waals surface area contributed by atoms with Gasteiger partial charge in [0, 0.05) is 42.6 Å². The van der Waals surface area contributed by atoms with Crippen molar-refractivity contribution in [3.05, 3.63) is 53.7 Å². The van der Waals surface area contributed by atoms with E-state index in [1.165, 1.54) is 12.8 Å². The molecular formula is C23H31N5O2. The lowest BCUT2D eigenvalue weighted by Gasteiger charge is -2.24. The van der Waals surface area contributed by atoms with Crippen LogP contribution in [0.1, 0.15) is 56.0 Å². The van der Waals surface area contributed by atoms with Crippen LogP contribution in [0.5, 0.6) is 0 Å². The fourth-order valence-corrected chi connectivity index (χ4v) is 3.22. The number of carbonyl (C=O) groups is 2. The molecule has 3 N–H and O–H groups in total. The molecule has 0 radical (unpaired) electrons. The number of carbonyl (C=O) groups excluding carboxylic acids is 2. The molecule has 3 amide bonds. The standard InChI is InChI=1S/C23H31N5O2/c1-4-23(2,3)27-21(29)18-7-9-19(10-8-18)26-22(30)25-16-17-11-12-24-20(15-17)28-13-5-6-14-28/h7-12,15H,4-6,13-14,16H2,1-3H3,(H,27,29)(H2,25,26,30). The molecule has 2 aromatic rings. The molecule has 3 rings (SSSR count). The molecule has 1 aromatic heterocycles. The van der Waals surface area contributed by atoms with E-state index in [0.29, 0.717) is 17.8 Å². The number of benzene rings is 1. The molecule has 0 atom stereocenters. The maximum atomic E-state index is 12.3. The lowest BCUT2D eigenvalue weighted by Crippen LogP contribution is -2.42. The molecule has 30 heavy (non-hydrogen) atoms. The van der Waals surface area contributed by atoms with Crippen LogP contribution in [0.3, 0.4) is 0 Å². The molecule has 0 spiro atoms. The van der Waals surface area contributed by atoms with E-state index in [2.05, 4.69) is 25.8 Å². The van der Waals surface area contributed by atoms with Crippen LogP contribution >= 0.6 is 0 Å². The molecule has 0 saturated carbocycles. The first-order chi connectivity index (χ1) is 14.4. The van der Waals surface area contributed by atoms with Crippen molar-refractivity contribution in [2.45, 2.75) is 52.1 Å². The van der Waals surface area contributed by atoms with Crippen LogP contribution in [0.2, 0.25) is 0 Å². The first kappa shape index (κ1) is 21.6. The lowest BCUT2D eigenvalue weighted by atomic mass is 10.0. The molecular weight excluding hydrogens is 378 g/mol. The normalized spacial score (nSPS) is 13.8. The van der Waals surface area contributed by atoms with Crippen molar-refractivity contribution >= 4 is 23.4 Å². The first-order valence-corrected chi connectivity index (χ1v) is 10.5. The third kappa shape index (κ3) is 5.95. The molecule has 0 aliphatic carbocycles. The van der Waals surface area contributed by atoms with Crippen LogP contribution in [0.25, 0.3) is 0 Å². The Labute approximate surface area is 178 Å². The Balaban J connectivity index is 1.50. The van der Waals surface area contributed by atoms with Gasteiger partial charge in [0.2, 0.25) is 0 Å². The van der Waals surface area contributed by atoms with Crippen LogP contribution in [-0.4, -0.2) is 35.6 Å². The highest BCUT2D eigenvalue weighted by Gasteiger charge is 2.18. The quantitative estimate of drug-likeness (QED) is 0.647. The van der Waals surface area contributed by atoms with Crippen molar-refractivity contribution in [3.8, 4) is 0 Å². The number of pyridine rings is 1. The van der Waals surface area contributed by atoms with E-state index in [0.717, 1.165) is 30.9 Å². The summed E-state index contributed by atoms with van der Waals surface area (Å²) < 4.78 is 0. The number of rotatable bonds is 7. The monoisotopic (exact) mass is 409 g/mol. The number of nitrogens with zero attached hydrogens (tertiary/aromatic N) is 2. The van der Waals surface area contributed by atoms with Crippen molar-refractivity contribution in [1.82, 2.24) is 15.6 Å². The van der Waals surface area contributed by atoms with Gasteiger partial charge < -0.3 is 20.9 Å². The van der Waals surface area contributed by atoms with Gasteiger partial charge in [0.25, 0.3) is 5.91 Å². The summed E-state index contributed by atoms with van der Waals surface area (Å²) in [5.74, 6) is 0.844. The van der Waals surface area contributed by atoms with Crippen molar-refractivity contribution in [3.63, 3.8) is 0 Å². The van der Waals surface area contributed by atoms with Gasteiger partial charge in [0.1, 0.15) is 5.82 Å². The fourth-order valence-electron chi connectivity index (χ4n) is 3.22. The van der Waals surface area contributed by atoms with Gasteiger partial charge in [0.15, 0.2) is 0 Å². The van der Waals surface area contributed by atoms with E-state index >= 15 is 0 Å². The summed E-state index contributed by atoms with van der Waals surface area (Å²) in [7, 11) is 0. The average molecular weight is 410 g/mol. The Morgan fingerprint density at radius 3 is 2.47 bits per heavy atom. The largest absolute Gasteiger partial charge is 0.357 e. The van der Waals surface area contributed by atoms with E-state index in [1.807, 2.05) is 32.9 Å². The summed E-state index contributed by atoms with van der Waals surface area (Å²) >= 11 is 0. The Morgan fingerprint density at radius 1 is 1.10 bits per heavy atom. The molecule has 1 aromatic carbocycles. The van der Waals surface area contributed by atoms with Crippen molar-refractivity contribution in [2.75, 3.05) is 23.3 Å². The Hall–Kier alpha value is -3.09. The van der Waals surface area contributed by atoms with E-state index in [1.54, 1.807) is 30.5 Å². The Morgan fingerprint density at radius 2 is 1.80 bits per heavy atom. The zero-order valence-electron chi connectivity index (χ0n) is 18.0. The predicted molar refractivity (Wildman–Crippen MR) is 120 cm³/mol. The van der Waals surface area contributed by atoms with E-state index in [9.17, 15) is 9.59 Å². The minimum atomic E-state index is -0.293. The van der Waals surface area contributed by atoms with Crippen molar-refractivity contribution in [1.29, 1.82) is 0 Å². The molecule has 0 unspecified atom stereocenters. The second kappa shape index (κ2) is 9.61. The highest BCUT2D eigenvalue weighted by molar-refractivity contribution is 5.96. The van der Waals surface area contributed by atoms with E-state index in [-0.39, 0.29) is 17.5 Å². The molecule has 1 saturated heterocycles. The molecule has 7 nitrogen and oxygen atoms in total. The molecule has 0 bridgehead atoms. The number of urea groups is 1. The number of amides is 3. The maximum absolute atomic E-state index is 12.3. The summed E-state index contributed by atoms with van der Waals surface area (Å²) in [5, 5.41) is 8.66. The first-order valence-electron chi connectivity index (χ1n) is 10.5. The van der Waals surface area contributed by atoms with Gasteiger partial charge in [-0.2, -0.15) is 0 Å². The molecule has 1 aliphatic heterocycles. The lowest BCUT2D eigenvalue weighted by molar-refractivity contribution is 0.0911. The minimum absolute atomic E-state index is 0.121. The molecule has 1 aliphatic rings. The second-order valence-corrected chi connectivity index (χ2v) is 8.29. The van der Waals surface area contributed by atoms with E-state index < -0.39 is 0 Å². The predicted octanol–water partition coefficient (Wildman–Crippen LogP) is 3.92. The number of hydrogen-bond acceptors (Lipinski definition) is 4. The van der Waals surface area contributed by atoms with Crippen LogP contribution in [0, 0.1) is 0 Å². The van der Waals surface area contributed by atoms with Gasteiger partial charge in [-0.1, -0.05) is 6.92 Å². The van der Waals surface area contributed by atoms with Gasteiger partial charge in [-0.25, -0.2) is 9.78 Å². The number of aromatic nitrogens is 1. The highest BCUT2D eigenvalue weighted by atomic mass is 16.2. The molecule has 7 heteroatoms. The van der Waals surface area contributed by atoms with Crippen LogP contribution in [0.15, 0.2) is 42.6 Å². The summed E-state index contributed by atoms with van der Waals surface area (Å²) in [6, 6.07) is 10.5. The van der Waals surface area contributed by atoms with E-state index in [4.69, 9.17) is 0 Å². The van der Waals surface area contributed by atoms with Crippen molar-refractivity contribution in [2.24, 2.45) is 0 Å². The summed E-state index contributed by atoms with van der Waals surface area (Å²) in [5.41, 5.74) is 1.95. The maximum Gasteiger partial charge on any atom is 0.319 e. The summed E-state index contributed by atoms with van der Waals surface area (Å²) in [6.07, 6.45) is 5.02. The number of hydrogen-bond donors (Lipinski definition) is 3. The van der Waals surface area contributed by atoms with Gasteiger partial charge in [-0.3, -0.25) is 4.79 Å². The SMILES string of the molecule is CCC(C)(C)NC(=O)c1ccc(NC(=O)NCc2ccnc(N3CCCC3)c2)cc1. The second-order valence-electron chi connectivity index (χ2n) is 8.29. The summed E-state index contributed by atoms with van der Waals surface area (Å²) in [4.78, 5) is 31.3. The molecule has 2 heterocycles. The van der Waals surface area contributed by atoms with Crippen LogP contribution in [0.4, 0.5) is 16.3 Å². The topological polar surface area (TPSA) is 86.4 Å². The van der Waals surface area contributed by atoms with Crippen molar-refractivity contribution < 1.29 is 9.59 Å². The van der Waals surface area contributed by atoms with Crippen LogP contribution in [-0.2, 0) is 6.54 Å². The zero-order valence-corrected chi connectivity index (χ0v) is 18.0. The highest BCUT2D eigenvalue weighted by Crippen LogP contribution is 2.18. The van der Waals surface area contributed by atoms with Gasteiger partial charge in [-0.05, 0) is 75.1 Å². The van der Waals surface area contributed by atoms with Gasteiger partial charge >= 0.3 is 6.03 Å². The van der Waals surface area contributed by atoms with Gasteiger partial charge in [-0.15, -0.1) is 0 Å². The Bertz CT molecular complexity index is 873. The van der Waals surface area contributed by atoms with Crippen LogP contribution < -0.4 is 20.9 Å². The molecule has 1 fully saturated rings. The number of nitrogens with one attached hydrogen (secondary N) is 3. The molecule has 160 valence electrons. The smallest absolute Gasteiger partial charge is 0.319 e. The zero-order chi connectivity index (χ0) is 21.6. The third-order valence-corrected chi connectivity index (χ3v) is 5.43. The Kier molecular flexibility index (Phi) is 6.92. The minimum Gasteiger partial charge on any atom is -0.357 e. The summed E-state index contributed by atoms with van der Waals surface area (Å²) in [6.45, 7) is 8.50. The fraction of sp³-hybridized carbons (Fsp3) is 0.435. The third-order valence-electron chi connectivity index (χ3n) is 5.43. The van der Waals surface area contributed by atoms with Gasteiger partial charge in [0.05, 0.1) is 0 Å².